The van der Waals surface area contributed by atoms with Crippen LogP contribution in [0.15, 0.2) is 66.2 Å². The van der Waals surface area contributed by atoms with Gasteiger partial charge in [-0.15, -0.1) is 0 Å². The number of nitrogens with zero attached hydrogens (tertiary/aromatic N) is 1. The zero-order valence-corrected chi connectivity index (χ0v) is 22.2. The van der Waals surface area contributed by atoms with Gasteiger partial charge in [0.15, 0.2) is 0 Å². The van der Waals surface area contributed by atoms with E-state index in [4.69, 9.17) is 9.47 Å². The topological polar surface area (TPSA) is 93.1 Å². The Balaban J connectivity index is 1.88. The SMILES string of the molecule is CCOC(=O)Cc1ccc(N2C(=O)C(=O)/C(=C(/O)c3cc(C)cc(C)c3OC)C2c2cccc(C)c2)cc1. The smallest absolute Gasteiger partial charge is 0.310 e. The van der Waals surface area contributed by atoms with Crippen LogP contribution in [0.3, 0.4) is 0 Å². The van der Waals surface area contributed by atoms with Gasteiger partial charge in [0.2, 0.25) is 0 Å². The monoisotopic (exact) mass is 513 g/mol. The molecule has 0 radical (unpaired) electrons. The number of aliphatic hydroxyl groups excluding tert-OH is 1. The summed E-state index contributed by atoms with van der Waals surface area (Å²) in [5, 5.41) is 11.6. The Morgan fingerprint density at radius 1 is 0.974 bits per heavy atom. The number of benzene rings is 3. The van der Waals surface area contributed by atoms with E-state index in [0.29, 0.717) is 29.2 Å². The van der Waals surface area contributed by atoms with E-state index in [9.17, 15) is 19.5 Å². The molecule has 1 heterocycles. The number of amides is 1. The molecule has 38 heavy (non-hydrogen) atoms. The third-order valence-electron chi connectivity index (χ3n) is 6.55. The van der Waals surface area contributed by atoms with Crippen molar-refractivity contribution >= 4 is 29.1 Å². The maximum atomic E-state index is 13.5. The zero-order valence-electron chi connectivity index (χ0n) is 22.2. The second kappa shape index (κ2) is 10.9. The van der Waals surface area contributed by atoms with Crippen LogP contribution < -0.4 is 9.64 Å². The molecule has 0 aliphatic carbocycles. The van der Waals surface area contributed by atoms with Crippen LogP contribution in [-0.4, -0.2) is 36.5 Å². The van der Waals surface area contributed by atoms with Gasteiger partial charge >= 0.3 is 5.97 Å². The van der Waals surface area contributed by atoms with Gasteiger partial charge < -0.3 is 14.6 Å². The predicted molar refractivity (Wildman–Crippen MR) is 145 cm³/mol. The van der Waals surface area contributed by atoms with Crippen LogP contribution in [-0.2, 0) is 25.5 Å². The summed E-state index contributed by atoms with van der Waals surface area (Å²) in [5.41, 5.74) is 4.83. The largest absolute Gasteiger partial charge is 0.507 e. The third-order valence-corrected chi connectivity index (χ3v) is 6.55. The lowest BCUT2D eigenvalue weighted by Gasteiger charge is -2.26. The molecule has 0 bridgehead atoms. The van der Waals surface area contributed by atoms with Crippen LogP contribution in [0.1, 0.15) is 46.3 Å². The summed E-state index contributed by atoms with van der Waals surface area (Å²) in [7, 11) is 1.50. The summed E-state index contributed by atoms with van der Waals surface area (Å²) >= 11 is 0. The maximum Gasteiger partial charge on any atom is 0.310 e. The second-order valence-corrected chi connectivity index (χ2v) is 9.39. The van der Waals surface area contributed by atoms with E-state index in [0.717, 1.165) is 22.3 Å². The van der Waals surface area contributed by atoms with E-state index >= 15 is 0 Å². The van der Waals surface area contributed by atoms with Crippen molar-refractivity contribution in [1.82, 2.24) is 0 Å². The molecule has 0 spiro atoms. The number of aryl methyl sites for hydroxylation is 3. The quantitative estimate of drug-likeness (QED) is 0.198. The fraction of sp³-hybridized carbons (Fsp3) is 0.258. The number of methoxy groups -OCH3 is 1. The Bertz CT molecular complexity index is 1440. The lowest BCUT2D eigenvalue weighted by atomic mass is 9.93. The minimum Gasteiger partial charge on any atom is -0.507 e. The molecular weight excluding hydrogens is 482 g/mol. The number of ether oxygens (including phenoxy) is 2. The van der Waals surface area contributed by atoms with E-state index < -0.39 is 17.7 Å². The molecule has 4 rings (SSSR count). The van der Waals surface area contributed by atoms with Gasteiger partial charge in [0, 0.05) is 5.69 Å². The molecule has 1 saturated heterocycles. The molecule has 7 nitrogen and oxygen atoms in total. The molecule has 196 valence electrons. The van der Waals surface area contributed by atoms with Crippen molar-refractivity contribution in [3.63, 3.8) is 0 Å². The van der Waals surface area contributed by atoms with Crippen molar-refractivity contribution in [2.24, 2.45) is 0 Å². The van der Waals surface area contributed by atoms with Gasteiger partial charge in [0.05, 0.1) is 37.3 Å². The van der Waals surface area contributed by atoms with Gasteiger partial charge in [-0.25, -0.2) is 0 Å². The average Bonchev–Trinajstić information content (AvgIpc) is 3.14. The number of anilines is 1. The van der Waals surface area contributed by atoms with Crippen LogP contribution in [0.2, 0.25) is 0 Å². The first-order valence-electron chi connectivity index (χ1n) is 12.4. The molecule has 1 N–H and O–H groups in total. The number of aliphatic hydroxyl groups is 1. The van der Waals surface area contributed by atoms with Gasteiger partial charge in [0.25, 0.3) is 11.7 Å². The molecule has 3 aromatic carbocycles. The summed E-state index contributed by atoms with van der Waals surface area (Å²) in [4.78, 5) is 40.3. The number of hydrogen-bond donors (Lipinski definition) is 1. The van der Waals surface area contributed by atoms with E-state index in [1.165, 1.54) is 12.0 Å². The van der Waals surface area contributed by atoms with Crippen LogP contribution in [0, 0.1) is 20.8 Å². The molecule has 7 heteroatoms. The summed E-state index contributed by atoms with van der Waals surface area (Å²) in [6.45, 7) is 7.71. The Morgan fingerprint density at radius 3 is 2.32 bits per heavy atom. The summed E-state index contributed by atoms with van der Waals surface area (Å²) in [6.07, 6.45) is 0.0980. The Hall–Kier alpha value is -4.39. The van der Waals surface area contributed by atoms with E-state index in [2.05, 4.69) is 0 Å². The highest BCUT2D eigenvalue weighted by Crippen LogP contribution is 2.44. The number of ketones is 1. The van der Waals surface area contributed by atoms with E-state index in [1.807, 2.05) is 51.1 Å². The van der Waals surface area contributed by atoms with Crippen LogP contribution in [0.25, 0.3) is 5.76 Å². The first kappa shape index (κ1) is 26.7. The molecule has 1 fully saturated rings. The molecule has 1 aliphatic heterocycles. The highest BCUT2D eigenvalue weighted by atomic mass is 16.5. The Morgan fingerprint density at radius 2 is 1.68 bits per heavy atom. The van der Waals surface area contributed by atoms with Crippen LogP contribution in [0.5, 0.6) is 5.75 Å². The summed E-state index contributed by atoms with van der Waals surface area (Å²) in [6, 6.07) is 17.1. The second-order valence-electron chi connectivity index (χ2n) is 9.39. The van der Waals surface area contributed by atoms with Crippen molar-refractivity contribution in [1.29, 1.82) is 0 Å². The number of rotatable bonds is 7. The average molecular weight is 514 g/mol. The van der Waals surface area contributed by atoms with Crippen molar-refractivity contribution < 1.29 is 29.0 Å². The van der Waals surface area contributed by atoms with Gasteiger partial charge in [-0.05, 0) is 68.1 Å². The lowest BCUT2D eigenvalue weighted by molar-refractivity contribution is -0.142. The molecule has 1 unspecified atom stereocenters. The summed E-state index contributed by atoms with van der Waals surface area (Å²) in [5.74, 6) is -1.74. The van der Waals surface area contributed by atoms with Crippen molar-refractivity contribution in [3.8, 4) is 5.75 Å². The number of carbonyl (C=O) groups excluding carboxylic acids is 3. The van der Waals surface area contributed by atoms with Crippen LogP contribution >= 0.6 is 0 Å². The lowest BCUT2D eigenvalue weighted by Crippen LogP contribution is -2.29. The predicted octanol–water partition coefficient (Wildman–Crippen LogP) is 5.35. The fourth-order valence-electron chi connectivity index (χ4n) is 4.95. The molecule has 1 aliphatic rings. The third kappa shape index (κ3) is 5.05. The number of Topliss-reactive ketones (excluding diaryl/α,β-unsaturated/α-hetero) is 1. The molecular formula is C31H31NO6. The minimum absolute atomic E-state index is 0.0144. The summed E-state index contributed by atoms with van der Waals surface area (Å²) < 4.78 is 10.6. The van der Waals surface area contributed by atoms with Gasteiger partial charge in [-0.1, -0.05) is 48.0 Å². The standard InChI is InChI=1S/C31H31NO6/c1-6-38-25(33)17-21-10-12-23(13-11-21)32-27(22-9-7-8-18(2)15-22)26(29(35)31(32)36)28(34)24-16-19(3)14-20(4)30(24)37-5/h7-16,27,34H,6,17H2,1-5H3/b28-26+. The van der Waals surface area contributed by atoms with Crippen LogP contribution in [0.4, 0.5) is 5.69 Å². The Kier molecular flexibility index (Phi) is 7.67. The maximum absolute atomic E-state index is 13.5. The highest BCUT2D eigenvalue weighted by Gasteiger charge is 2.47. The number of hydrogen-bond acceptors (Lipinski definition) is 6. The van der Waals surface area contributed by atoms with Crippen molar-refractivity contribution in [2.45, 2.75) is 40.2 Å². The molecule has 1 atom stereocenters. The molecule has 0 aromatic heterocycles. The Labute approximate surface area is 222 Å². The van der Waals surface area contributed by atoms with Crippen molar-refractivity contribution in [3.05, 3.63) is 99.6 Å². The van der Waals surface area contributed by atoms with Gasteiger partial charge in [-0.2, -0.15) is 0 Å². The first-order chi connectivity index (χ1) is 18.2. The first-order valence-corrected chi connectivity index (χ1v) is 12.4. The molecule has 0 saturated carbocycles. The van der Waals surface area contributed by atoms with E-state index in [1.54, 1.807) is 37.3 Å². The molecule has 3 aromatic rings. The highest BCUT2D eigenvalue weighted by molar-refractivity contribution is 6.51. The number of esters is 1. The minimum atomic E-state index is -0.865. The fourth-order valence-corrected chi connectivity index (χ4v) is 4.95. The van der Waals surface area contributed by atoms with Crippen molar-refractivity contribution in [2.75, 3.05) is 18.6 Å². The van der Waals surface area contributed by atoms with E-state index in [-0.39, 0.29) is 23.7 Å². The number of carbonyl (C=O) groups is 3. The van der Waals surface area contributed by atoms with Gasteiger partial charge in [-0.3, -0.25) is 19.3 Å². The normalized spacial score (nSPS) is 16.6. The zero-order chi connectivity index (χ0) is 27.6. The van der Waals surface area contributed by atoms with Gasteiger partial charge in [0.1, 0.15) is 11.5 Å². The molecule has 1 amide bonds.